The Labute approximate surface area is 131 Å². The Hall–Kier alpha value is -1.63. The van der Waals surface area contributed by atoms with Gasteiger partial charge in [0.25, 0.3) is 0 Å². The van der Waals surface area contributed by atoms with E-state index >= 15 is 0 Å². The van der Waals surface area contributed by atoms with E-state index in [-0.39, 0.29) is 18.0 Å². The average Bonchev–Trinajstić information content (AvgIpc) is 2.47. The van der Waals surface area contributed by atoms with Crippen LogP contribution in [0, 0.1) is 10.1 Å². The van der Waals surface area contributed by atoms with Gasteiger partial charge in [-0.2, -0.15) is 0 Å². The zero-order valence-electron chi connectivity index (χ0n) is 11.8. The number of benzene rings is 1. The minimum Gasteiger partial charge on any atom is -0.472 e. The molecule has 0 saturated carbocycles. The molecule has 0 aromatic heterocycles. The molecule has 116 valence electrons. The Morgan fingerprint density at radius 3 is 2.71 bits per heavy atom. The summed E-state index contributed by atoms with van der Waals surface area (Å²) in [4.78, 5) is 22.3. The van der Waals surface area contributed by atoms with Gasteiger partial charge < -0.3 is 9.47 Å². The Balaban J connectivity index is 2.84. The first-order valence-electron chi connectivity index (χ1n) is 6.72. The van der Waals surface area contributed by atoms with Gasteiger partial charge in [0, 0.05) is 11.4 Å². The lowest BCUT2D eigenvalue weighted by Crippen LogP contribution is -2.29. The first-order chi connectivity index (χ1) is 10.1. The number of nitro groups is 1. The number of nitrogens with zero attached hydrogens (tertiary/aromatic N) is 1. The van der Waals surface area contributed by atoms with Crippen molar-refractivity contribution < 1.29 is 19.2 Å². The third-order valence-electron chi connectivity index (χ3n) is 2.73. The van der Waals surface area contributed by atoms with E-state index in [9.17, 15) is 14.9 Å². The summed E-state index contributed by atoms with van der Waals surface area (Å²) >= 11 is 3.32. The van der Waals surface area contributed by atoms with Crippen LogP contribution in [0.4, 0.5) is 5.69 Å². The van der Waals surface area contributed by atoms with E-state index in [4.69, 9.17) is 9.47 Å². The number of carbonyl (C=O) groups is 1. The van der Waals surface area contributed by atoms with Gasteiger partial charge in [-0.1, -0.05) is 28.1 Å². The monoisotopic (exact) mass is 359 g/mol. The Kier molecular flexibility index (Phi) is 7.74. The van der Waals surface area contributed by atoms with Crippen molar-refractivity contribution in [3.63, 3.8) is 0 Å². The van der Waals surface area contributed by atoms with E-state index in [2.05, 4.69) is 15.9 Å². The molecule has 0 N–H and O–H groups in total. The summed E-state index contributed by atoms with van der Waals surface area (Å²) < 4.78 is 10.5. The van der Waals surface area contributed by atoms with Crippen LogP contribution in [0.3, 0.4) is 0 Å². The van der Waals surface area contributed by atoms with Crippen molar-refractivity contribution in [3.05, 3.63) is 34.4 Å². The van der Waals surface area contributed by atoms with E-state index in [1.165, 1.54) is 12.1 Å². The minimum atomic E-state index is -0.829. The smallest absolute Gasteiger partial charge is 0.347 e. The lowest BCUT2D eigenvalue weighted by Gasteiger charge is -2.17. The number of alkyl halides is 1. The maximum Gasteiger partial charge on any atom is 0.347 e. The molecule has 1 unspecified atom stereocenters. The zero-order chi connectivity index (χ0) is 15.7. The van der Waals surface area contributed by atoms with Crippen LogP contribution in [0.5, 0.6) is 5.75 Å². The molecule has 0 heterocycles. The van der Waals surface area contributed by atoms with Crippen LogP contribution in [-0.4, -0.2) is 28.9 Å². The molecule has 0 aliphatic heterocycles. The fourth-order valence-electron chi connectivity index (χ4n) is 1.75. The molecular formula is C14H18BrNO5. The highest BCUT2D eigenvalue weighted by molar-refractivity contribution is 9.09. The highest BCUT2D eigenvalue weighted by Crippen LogP contribution is 2.28. The van der Waals surface area contributed by atoms with Crippen LogP contribution < -0.4 is 4.74 Å². The SMILES string of the molecule is CCOC(=O)C(CCCCBr)Oc1ccccc1[N+](=O)[O-]. The summed E-state index contributed by atoms with van der Waals surface area (Å²) in [5, 5.41) is 11.8. The Morgan fingerprint density at radius 2 is 2.10 bits per heavy atom. The largest absolute Gasteiger partial charge is 0.472 e. The third-order valence-corrected chi connectivity index (χ3v) is 3.29. The second-order valence-corrected chi connectivity index (χ2v) is 5.06. The lowest BCUT2D eigenvalue weighted by molar-refractivity contribution is -0.386. The number of hydrogen-bond donors (Lipinski definition) is 0. The van der Waals surface area contributed by atoms with Crippen LogP contribution in [-0.2, 0) is 9.53 Å². The van der Waals surface area contributed by atoms with Crippen molar-refractivity contribution in [2.45, 2.75) is 32.3 Å². The summed E-state index contributed by atoms with van der Waals surface area (Å²) in [6.07, 6.45) is 1.27. The molecule has 1 rings (SSSR count). The van der Waals surface area contributed by atoms with E-state index in [0.29, 0.717) is 6.42 Å². The summed E-state index contributed by atoms with van der Waals surface area (Å²) in [7, 11) is 0. The second kappa shape index (κ2) is 9.33. The summed E-state index contributed by atoms with van der Waals surface area (Å²) in [6.45, 7) is 1.95. The van der Waals surface area contributed by atoms with Gasteiger partial charge in [-0.15, -0.1) is 0 Å². The van der Waals surface area contributed by atoms with Gasteiger partial charge >= 0.3 is 11.7 Å². The van der Waals surface area contributed by atoms with Gasteiger partial charge in [0.05, 0.1) is 11.5 Å². The molecule has 0 aliphatic carbocycles. The molecular weight excluding hydrogens is 342 g/mol. The van der Waals surface area contributed by atoms with E-state index < -0.39 is 17.0 Å². The maximum absolute atomic E-state index is 11.9. The number of para-hydroxylation sites is 2. The molecule has 1 atom stereocenters. The average molecular weight is 360 g/mol. The number of hydrogen-bond acceptors (Lipinski definition) is 5. The second-order valence-electron chi connectivity index (χ2n) is 4.27. The van der Waals surface area contributed by atoms with Crippen molar-refractivity contribution in [2.24, 2.45) is 0 Å². The highest BCUT2D eigenvalue weighted by Gasteiger charge is 2.25. The Bertz CT molecular complexity index is 480. The molecule has 6 nitrogen and oxygen atoms in total. The topological polar surface area (TPSA) is 78.7 Å². The predicted molar refractivity (Wildman–Crippen MR) is 81.8 cm³/mol. The molecule has 0 aliphatic rings. The van der Waals surface area contributed by atoms with Crippen LogP contribution >= 0.6 is 15.9 Å². The van der Waals surface area contributed by atoms with E-state index in [1.807, 2.05) is 0 Å². The van der Waals surface area contributed by atoms with Gasteiger partial charge in [0.2, 0.25) is 0 Å². The summed E-state index contributed by atoms with van der Waals surface area (Å²) in [5.41, 5.74) is -0.160. The number of nitro benzene ring substituents is 1. The van der Waals surface area contributed by atoms with Crippen molar-refractivity contribution in [1.82, 2.24) is 0 Å². The predicted octanol–water partition coefficient (Wildman–Crippen LogP) is 3.47. The highest BCUT2D eigenvalue weighted by atomic mass is 79.9. The quantitative estimate of drug-likeness (QED) is 0.222. The number of ether oxygens (including phenoxy) is 2. The van der Waals surface area contributed by atoms with E-state index in [0.717, 1.165) is 18.2 Å². The van der Waals surface area contributed by atoms with Gasteiger partial charge in [0.1, 0.15) is 0 Å². The van der Waals surface area contributed by atoms with Crippen molar-refractivity contribution >= 4 is 27.6 Å². The molecule has 0 fully saturated rings. The van der Waals surface area contributed by atoms with Crippen LogP contribution in [0.1, 0.15) is 26.2 Å². The fraction of sp³-hybridized carbons (Fsp3) is 0.500. The van der Waals surface area contributed by atoms with Crippen molar-refractivity contribution in [1.29, 1.82) is 0 Å². The van der Waals surface area contributed by atoms with Crippen LogP contribution in [0.25, 0.3) is 0 Å². The molecule has 0 amide bonds. The molecule has 1 aromatic carbocycles. The lowest BCUT2D eigenvalue weighted by atomic mass is 10.1. The van der Waals surface area contributed by atoms with Crippen LogP contribution in [0.2, 0.25) is 0 Å². The number of rotatable bonds is 9. The van der Waals surface area contributed by atoms with Gasteiger partial charge in [0.15, 0.2) is 11.9 Å². The molecule has 0 radical (unpaired) electrons. The van der Waals surface area contributed by atoms with Crippen molar-refractivity contribution in [2.75, 3.05) is 11.9 Å². The first kappa shape index (κ1) is 17.4. The minimum absolute atomic E-state index is 0.0828. The zero-order valence-corrected chi connectivity index (χ0v) is 13.4. The van der Waals surface area contributed by atoms with Gasteiger partial charge in [-0.3, -0.25) is 10.1 Å². The molecule has 7 heteroatoms. The van der Waals surface area contributed by atoms with E-state index in [1.54, 1.807) is 19.1 Å². The summed E-state index contributed by atoms with van der Waals surface area (Å²) in [6, 6.07) is 6.00. The number of carbonyl (C=O) groups excluding carboxylic acids is 1. The van der Waals surface area contributed by atoms with Gasteiger partial charge in [-0.25, -0.2) is 4.79 Å². The third kappa shape index (κ3) is 5.71. The molecule has 0 saturated heterocycles. The number of halogens is 1. The number of esters is 1. The number of unbranched alkanes of at least 4 members (excludes halogenated alkanes) is 1. The first-order valence-corrected chi connectivity index (χ1v) is 7.85. The standard InChI is InChI=1S/C14H18BrNO5/c1-2-20-14(17)13(9-5-6-10-15)21-12-8-4-3-7-11(12)16(18)19/h3-4,7-8,13H,2,5-6,9-10H2,1H3. The summed E-state index contributed by atoms with van der Waals surface area (Å²) in [5.74, 6) is -0.412. The maximum atomic E-state index is 11.9. The molecule has 0 spiro atoms. The molecule has 1 aromatic rings. The van der Waals surface area contributed by atoms with Crippen LogP contribution in [0.15, 0.2) is 24.3 Å². The van der Waals surface area contributed by atoms with Crippen molar-refractivity contribution in [3.8, 4) is 5.75 Å². The van der Waals surface area contributed by atoms with Gasteiger partial charge in [-0.05, 0) is 32.3 Å². The molecule has 21 heavy (non-hydrogen) atoms. The fourth-order valence-corrected chi connectivity index (χ4v) is 2.14. The normalized spacial score (nSPS) is 11.7. The Morgan fingerprint density at radius 1 is 1.38 bits per heavy atom. The molecule has 0 bridgehead atoms.